The van der Waals surface area contributed by atoms with E-state index in [0.717, 1.165) is 24.1 Å². The molecule has 0 N–H and O–H groups in total. The molecule has 0 bridgehead atoms. The van der Waals surface area contributed by atoms with Crippen LogP contribution in [0.2, 0.25) is 0 Å². The molecule has 0 radical (unpaired) electrons. The molecule has 98 valence electrons. The first-order valence-electron chi connectivity index (χ1n) is 6.77. The lowest BCUT2D eigenvalue weighted by atomic mass is 10.0. The average molecular weight is 244 g/mol. The third kappa shape index (κ3) is 3.11. The summed E-state index contributed by atoms with van der Waals surface area (Å²) in [6.07, 6.45) is 2.09. The van der Waals surface area contributed by atoms with E-state index in [0.29, 0.717) is 6.04 Å². The molecule has 0 aromatic heterocycles. The fourth-order valence-corrected chi connectivity index (χ4v) is 2.80. The highest BCUT2D eigenvalue weighted by molar-refractivity contribution is 5.21. The Balaban J connectivity index is 3.16. The number of quaternary nitrogens is 1. The van der Waals surface area contributed by atoms with Gasteiger partial charge >= 0.3 is 0 Å². The molecule has 0 aliphatic rings. The van der Waals surface area contributed by atoms with Crippen molar-refractivity contribution >= 4 is 0 Å². The number of rotatable bonds is 7. The molecule has 0 spiro atoms. The smallest absolute Gasteiger partial charge is 0.133 e. The minimum atomic E-state index is 0.345. The van der Waals surface area contributed by atoms with Crippen LogP contribution in [0.5, 0.6) is 0 Å². The largest absolute Gasteiger partial charge is 0.311 e. The molecule has 1 nitrogen and oxygen atoms in total. The number of likely N-dealkylation sites (N-methyl/N-ethyl adjacent to an activating group) is 1. The average Bonchev–Trinajstić information content (AvgIpc) is 2.39. The molecule has 1 aromatic carbocycles. The van der Waals surface area contributed by atoms with Crippen molar-refractivity contribution in [3.63, 3.8) is 0 Å². The zero-order valence-electron chi connectivity index (χ0n) is 12.0. The molecule has 0 fully saturated rings. The Morgan fingerprint density at radius 2 is 1.78 bits per heavy atom. The van der Waals surface area contributed by atoms with E-state index in [1.165, 1.54) is 11.1 Å². The molecule has 1 rings (SSSR count). The fraction of sp³-hybridized carbons (Fsp3) is 0.412. The third-order valence-electron chi connectivity index (χ3n) is 3.80. The van der Waals surface area contributed by atoms with Gasteiger partial charge in [0.25, 0.3) is 0 Å². The van der Waals surface area contributed by atoms with Crippen LogP contribution in [0.15, 0.2) is 55.1 Å². The zero-order valence-corrected chi connectivity index (χ0v) is 12.0. The Bertz CT molecular complexity index is 387. The second kappa shape index (κ2) is 6.55. The Labute approximate surface area is 112 Å². The molecule has 0 saturated carbocycles. The molecule has 0 aliphatic carbocycles. The monoisotopic (exact) mass is 244 g/mol. The van der Waals surface area contributed by atoms with E-state index in [1.807, 2.05) is 0 Å². The van der Waals surface area contributed by atoms with Crippen molar-refractivity contribution in [2.75, 3.05) is 19.6 Å². The highest BCUT2D eigenvalue weighted by Crippen LogP contribution is 2.30. The van der Waals surface area contributed by atoms with Gasteiger partial charge in [-0.05, 0) is 32.4 Å². The number of hydrogen-bond acceptors (Lipinski definition) is 0. The van der Waals surface area contributed by atoms with Crippen LogP contribution in [0, 0.1) is 0 Å². The predicted molar refractivity (Wildman–Crippen MR) is 80.4 cm³/mol. The van der Waals surface area contributed by atoms with Crippen LogP contribution in [0.3, 0.4) is 0 Å². The summed E-state index contributed by atoms with van der Waals surface area (Å²) >= 11 is 0. The maximum atomic E-state index is 4.10. The van der Waals surface area contributed by atoms with Crippen LogP contribution in [0.4, 0.5) is 0 Å². The van der Waals surface area contributed by atoms with Crippen molar-refractivity contribution in [1.82, 2.24) is 0 Å². The lowest BCUT2D eigenvalue weighted by molar-refractivity contribution is -0.943. The topological polar surface area (TPSA) is 0 Å². The lowest BCUT2D eigenvalue weighted by Gasteiger charge is -2.43. The van der Waals surface area contributed by atoms with E-state index in [2.05, 4.69) is 70.3 Å². The van der Waals surface area contributed by atoms with Crippen LogP contribution in [0.25, 0.3) is 0 Å². The van der Waals surface area contributed by atoms with E-state index >= 15 is 0 Å². The van der Waals surface area contributed by atoms with Crippen LogP contribution in [-0.4, -0.2) is 24.1 Å². The molecular weight excluding hydrogens is 218 g/mol. The van der Waals surface area contributed by atoms with Gasteiger partial charge in [0.1, 0.15) is 12.6 Å². The van der Waals surface area contributed by atoms with E-state index in [4.69, 9.17) is 0 Å². The summed E-state index contributed by atoms with van der Waals surface area (Å²) in [5.74, 6) is 0. The highest BCUT2D eigenvalue weighted by Gasteiger charge is 2.32. The molecule has 1 unspecified atom stereocenters. The van der Waals surface area contributed by atoms with Crippen molar-refractivity contribution in [1.29, 1.82) is 0 Å². The predicted octanol–water partition coefficient (Wildman–Crippen LogP) is 4.35. The second-order valence-corrected chi connectivity index (χ2v) is 5.06. The molecule has 0 saturated heterocycles. The quantitative estimate of drug-likeness (QED) is 0.494. The summed E-state index contributed by atoms with van der Waals surface area (Å²) in [5.41, 5.74) is 2.58. The van der Waals surface area contributed by atoms with Crippen molar-refractivity contribution in [2.24, 2.45) is 0 Å². The first kappa shape index (κ1) is 14.7. The summed E-state index contributed by atoms with van der Waals surface area (Å²) in [5, 5.41) is 0. The van der Waals surface area contributed by atoms with Gasteiger partial charge in [0, 0.05) is 5.56 Å². The van der Waals surface area contributed by atoms with Crippen molar-refractivity contribution < 1.29 is 4.48 Å². The Morgan fingerprint density at radius 3 is 2.17 bits per heavy atom. The normalized spacial score (nSPS) is 13.1. The second-order valence-electron chi connectivity index (χ2n) is 5.06. The van der Waals surface area contributed by atoms with Crippen molar-refractivity contribution in [3.8, 4) is 0 Å². The molecule has 1 atom stereocenters. The van der Waals surface area contributed by atoms with Crippen LogP contribution >= 0.6 is 0 Å². The SMILES string of the molecule is C=CC(c1ccccc1)[N+](CC)(CC)CC(=C)C. The van der Waals surface area contributed by atoms with E-state index in [1.54, 1.807) is 0 Å². The number of nitrogens with zero attached hydrogens (tertiary/aromatic N) is 1. The Hall–Kier alpha value is -1.34. The van der Waals surface area contributed by atoms with E-state index < -0.39 is 0 Å². The van der Waals surface area contributed by atoms with E-state index in [-0.39, 0.29) is 0 Å². The van der Waals surface area contributed by atoms with Gasteiger partial charge in [0.2, 0.25) is 0 Å². The van der Waals surface area contributed by atoms with Crippen LogP contribution in [-0.2, 0) is 0 Å². The molecule has 0 aliphatic heterocycles. The molecule has 1 heteroatoms. The van der Waals surface area contributed by atoms with Crippen molar-refractivity contribution in [2.45, 2.75) is 26.8 Å². The highest BCUT2D eigenvalue weighted by atomic mass is 15.4. The maximum absolute atomic E-state index is 4.10. The van der Waals surface area contributed by atoms with Gasteiger partial charge in [0.05, 0.1) is 13.1 Å². The lowest BCUT2D eigenvalue weighted by Crippen LogP contribution is -2.50. The minimum Gasteiger partial charge on any atom is -0.311 e. The molecule has 0 amide bonds. The third-order valence-corrected chi connectivity index (χ3v) is 3.80. The molecule has 18 heavy (non-hydrogen) atoms. The summed E-state index contributed by atoms with van der Waals surface area (Å²) in [7, 11) is 0. The molecule has 0 heterocycles. The van der Waals surface area contributed by atoms with Gasteiger partial charge in [-0.25, -0.2) is 0 Å². The van der Waals surface area contributed by atoms with Gasteiger partial charge in [-0.1, -0.05) is 43.5 Å². The van der Waals surface area contributed by atoms with E-state index in [9.17, 15) is 0 Å². The van der Waals surface area contributed by atoms with Crippen molar-refractivity contribution in [3.05, 3.63) is 60.7 Å². The summed E-state index contributed by atoms with van der Waals surface area (Å²) in [4.78, 5) is 0. The summed E-state index contributed by atoms with van der Waals surface area (Å²) < 4.78 is 1.00. The van der Waals surface area contributed by atoms with Gasteiger partial charge < -0.3 is 4.48 Å². The van der Waals surface area contributed by atoms with Gasteiger partial charge in [0.15, 0.2) is 0 Å². The Morgan fingerprint density at radius 1 is 1.22 bits per heavy atom. The molecular formula is C17H26N+. The fourth-order valence-electron chi connectivity index (χ4n) is 2.80. The first-order chi connectivity index (χ1) is 8.59. The minimum absolute atomic E-state index is 0.345. The Kier molecular flexibility index (Phi) is 5.36. The van der Waals surface area contributed by atoms with Gasteiger partial charge in [-0.3, -0.25) is 0 Å². The standard InChI is InChI=1S/C17H26N/c1-6-17(16-12-10-9-11-13-16)18(7-2,8-3)14-15(4)5/h6,9-13,17H,1,4,7-8,14H2,2-3,5H3/q+1. The molecule has 1 aromatic rings. The summed E-state index contributed by atoms with van der Waals surface area (Å²) in [6.45, 7) is 18.0. The number of benzene rings is 1. The zero-order chi connectivity index (χ0) is 13.6. The maximum Gasteiger partial charge on any atom is 0.133 e. The van der Waals surface area contributed by atoms with Gasteiger partial charge in [-0.2, -0.15) is 0 Å². The van der Waals surface area contributed by atoms with Crippen LogP contribution in [0.1, 0.15) is 32.4 Å². The number of hydrogen-bond donors (Lipinski definition) is 0. The van der Waals surface area contributed by atoms with Gasteiger partial charge in [-0.15, -0.1) is 0 Å². The van der Waals surface area contributed by atoms with Crippen LogP contribution < -0.4 is 0 Å². The summed E-state index contributed by atoms with van der Waals surface area (Å²) in [6, 6.07) is 11.0. The first-order valence-corrected chi connectivity index (χ1v) is 6.77.